The first-order chi connectivity index (χ1) is 8.25. The Kier molecular flexibility index (Phi) is 3.82. The fourth-order valence-corrected chi connectivity index (χ4v) is 2.02. The van der Waals surface area contributed by atoms with Crippen LogP contribution in [0.3, 0.4) is 0 Å². The Balaban J connectivity index is 1.81. The van der Waals surface area contributed by atoms with Crippen LogP contribution in [0.2, 0.25) is 0 Å². The minimum Gasteiger partial charge on any atom is -0.350 e. The van der Waals surface area contributed by atoms with Crippen molar-refractivity contribution in [2.75, 3.05) is 6.54 Å². The van der Waals surface area contributed by atoms with Gasteiger partial charge >= 0.3 is 0 Å². The molecule has 0 saturated heterocycles. The largest absolute Gasteiger partial charge is 0.350 e. The molecule has 0 aliphatic carbocycles. The van der Waals surface area contributed by atoms with E-state index in [1.54, 1.807) is 6.92 Å². The summed E-state index contributed by atoms with van der Waals surface area (Å²) in [4.78, 5) is 15.7. The molecular weight excluding hydrogens is 234 g/mol. The minimum absolute atomic E-state index is 0.147. The highest BCUT2D eigenvalue weighted by atomic mass is 32.1. The number of aromatic nitrogens is 2. The van der Waals surface area contributed by atoms with Gasteiger partial charge in [0.25, 0.3) is 5.91 Å². The molecule has 0 saturated carbocycles. The molecule has 2 rings (SSSR count). The Hall–Kier alpha value is -1.75. The molecule has 5 heteroatoms. The molecule has 1 heterocycles. The summed E-state index contributed by atoms with van der Waals surface area (Å²) in [6, 6.07) is 10.0. The van der Waals surface area contributed by atoms with E-state index in [-0.39, 0.29) is 5.91 Å². The molecule has 0 spiro atoms. The van der Waals surface area contributed by atoms with Crippen LogP contribution >= 0.6 is 11.5 Å². The summed E-state index contributed by atoms with van der Waals surface area (Å²) in [7, 11) is 0. The van der Waals surface area contributed by atoms with E-state index in [1.165, 1.54) is 5.56 Å². The third kappa shape index (κ3) is 3.35. The lowest BCUT2D eigenvalue weighted by Gasteiger charge is -2.02. The first-order valence-corrected chi connectivity index (χ1v) is 6.15. The number of aryl methyl sites for hydroxylation is 1. The van der Waals surface area contributed by atoms with Gasteiger partial charge in [0, 0.05) is 6.54 Å². The highest BCUT2D eigenvalue weighted by Gasteiger charge is 2.09. The Labute approximate surface area is 104 Å². The van der Waals surface area contributed by atoms with E-state index in [0.717, 1.165) is 18.0 Å². The predicted molar refractivity (Wildman–Crippen MR) is 67.1 cm³/mol. The van der Waals surface area contributed by atoms with Crippen LogP contribution in [0.5, 0.6) is 0 Å². The molecule has 0 bridgehead atoms. The molecule has 0 aliphatic rings. The molecule has 88 valence electrons. The molecular formula is C12H13N3OS. The third-order valence-electron chi connectivity index (χ3n) is 2.26. The monoisotopic (exact) mass is 247 g/mol. The SMILES string of the molecule is Cc1nsc(C(=O)NCCc2ccccc2)n1. The molecule has 17 heavy (non-hydrogen) atoms. The van der Waals surface area contributed by atoms with E-state index in [1.807, 2.05) is 30.3 Å². The van der Waals surface area contributed by atoms with Crippen molar-refractivity contribution in [1.29, 1.82) is 0 Å². The predicted octanol–water partition coefficient (Wildman–Crippen LogP) is 1.82. The van der Waals surface area contributed by atoms with Crippen molar-refractivity contribution in [3.63, 3.8) is 0 Å². The lowest BCUT2D eigenvalue weighted by molar-refractivity contribution is 0.0953. The fraction of sp³-hybridized carbons (Fsp3) is 0.250. The molecule has 0 aliphatic heterocycles. The van der Waals surface area contributed by atoms with Crippen LogP contribution in [0.25, 0.3) is 0 Å². The van der Waals surface area contributed by atoms with Crippen molar-refractivity contribution in [1.82, 2.24) is 14.7 Å². The number of rotatable bonds is 4. The van der Waals surface area contributed by atoms with E-state index >= 15 is 0 Å². The molecule has 0 fully saturated rings. The van der Waals surface area contributed by atoms with Gasteiger partial charge in [-0.3, -0.25) is 4.79 Å². The van der Waals surface area contributed by atoms with E-state index < -0.39 is 0 Å². The normalized spacial score (nSPS) is 10.2. The maximum atomic E-state index is 11.6. The summed E-state index contributed by atoms with van der Waals surface area (Å²) in [5.41, 5.74) is 1.21. The topological polar surface area (TPSA) is 54.9 Å². The summed E-state index contributed by atoms with van der Waals surface area (Å²) in [5, 5.41) is 3.26. The van der Waals surface area contributed by atoms with Crippen molar-refractivity contribution < 1.29 is 4.79 Å². The summed E-state index contributed by atoms with van der Waals surface area (Å²) in [6.45, 7) is 2.39. The Morgan fingerprint density at radius 3 is 2.76 bits per heavy atom. The van der Waals surface area contributed by atoms with E-state index in [4.69, 9.17) is 0 Å². The summed E-state index contributed by atoms with van der Waals surface area (Å²) < 4.78 is 3.97. The Bertz CT molecular complexity index is 495. The molecule has 0 unspecified atom stereocenters. The molecule has 0 atom stereocenters. The lowest BCUT2D eigenvalue weighted by atomic mass is 10.1. The zero-order valence-electron chi connectivity index (χ0n) is 9.51. The second-order valence-electron chi connectivity index (χ2n) is 3.64. The Morgan fingerprint density at radius 2 is 2.12 bits per heavy atom. The van der Waals surface area contributed by atoms with Crippen molar-refractivity contribution >= 4 is 17.4 Å². The standard InChI is InChI=1S/C12H13N3OS/c1-9-14-12(17-15-9)11(16)13-8-7-10-5-3-2-4-6-10/h2-6H,7-8H2,1H3,(H,13,16). The van der Waals surface area contributed by atoms with E-state index in [2.05, 4.69) is 14.7 Å². The van der Waals surface area contributed by atoms with Crippen molar-refractivity contribution in [3.05, 3.63) is 46.7 Å². The molecule has 2 aromatic rings. The number of nitrogens with zero attached hydrogens (tertiary/aromatic N) is 2. The number of amides is 1. The number of hydrogen-bond acceptors (Lipinski definition) is 4. The van der Waals surface area contributed by atoms with Gasteiger partial charge in [0.15, 0.2) is 0 Å². The van der Waals surface area contributed by atoms with Gasteiger partial charge in [-0.2, -0.15) is 4.37 Å². The van der Waals surface area contributed by atoms with Gasteiger partial charge in [0.2, 0.25) is 5.01 Å². The zero-order valence-corrected chi connectivity index (χ0v) is 10.3. The maximum Gasteiger partial charge on any atom is 0.281 e. The van der Waals surface area contributed by atoms with Gasteiger partial charge < -0.3 is 5.32 Å². The van der Waals surface area contributed by atoms with Gasteiger partial charge in [0.05, 0.1) is 0 Å². The molecule has 0 radical (unpaired) electrons. The average Bonchev–Trinajstić information content (AvgIpc) is 2.77. The summed E-state index contributed by atoms with van der Waals surface area (Å²) >= 11 is 1.13. The summed E-state index contributed by atoms with van der Waals surface area (Å²) in [6.07, 6.45) is 0.824. The quantitative estimate of drug-likeness (QED) is 0.896. The molecule has 1 N–H and O–H groups in total. The lowest BCUT2D eigenvalue weighted by Crippen LogP contribution is -2.25. The maximum absolute atomic E-state index is 11.6. The van der Waals surface area contributed by atoms with E-state index in [9.17, 15) is 4.79 Å². The van der Waals surface area contributed by atoms with Gasteiger partial charge in [-0.05, 0) is 30.4 Å². The smallest absolute Gasteiger partial charge is 0.281 e. The fourth-order valence-electron chi connectivity index (χ4n) is 1.43. The summed E-state index contributed by atoms with van der Waals surface area (Å²) in [5.74, 6) is 0.495. The van der Waals surface area contributed by atoms with Crippen LogP contribution in [-0.2, 0) is 6.42 Å². The number of nitrogens with one attached hydrogen (secondary N) is 1. The first kappa shape index (κ1) is 11.7. The first-order valence-electron chi connectivity index (χ1n) is 5.38. The number of carbonyl (C=O) groups excluding carboxylic acids is 1. The van der Waals surface area contributed by atoms with E-state index in [0.29, 0.717) is 17.4 Å². The van der Waals surface area contributed by atoms with Gasteiger partial charge in [-0.1, -0.05) is 30.3 Å². The van der Waals surface area contributed by atoms with Crippen LogP contribution in [0, 0.1) is 6.92 Å². The second-order valence-corrected chi connectivity index (χ2v) is 4.39. The molecule has 1 aromatic carbocycles. The van der Waals surface area contributed by atoms with Crippen LogP contribution in [-0.4, -0.2) is 21.8 Å². The third-order valence-corrected chi connectivity index (χ3v) is 3.07. The highest BCUT2D eigenvalue weighted by molar-refractivity contribution is 7.07. The molecule has 1 amide bonds. The van der Waals surface area contributed by atoms with Crippen LogP contribution in [0.1, 0.15) is 21.2 Å². The molecule has 1 aromatic heterocycles. The van der Waals surface area contributed by atoms with Crippen molar-refractivity contribution in [2.24, 2.45) is 0 Å². The number of benzene rings is 1. The highest BCUT2D eigenvalue weighted by Crippen LogP contribution is 2.03. The number of hydrogen-bond donors (Lipinski definition) is 1. The second kappa shape index (κ2) is 5.54. The van der Waals surface area contributed by atoms with Crippen LogP contribution in [0.4, 0.5) is 0 Å². The Morgan fingerprint density at radius 1 is 1.35 bits per heavy atom. The van der Waals surface area contributed by atoms with Crippen molar-refractivity contribution in [3.8, 4) is 0 Å². The van der Waals surface area contributed by atoms with Crippen molar-refractivity contribution in [2.45, 2.75) is 13.3 Å². The minimum atomic E-state index is -0.147. The van der Waals surface area contributed by atoms with Crippen LogP contribution < -0.4 is 5.32 Å². The average molecular weight is 247 g/mol. The zero-order chi connectivity index (χ0) is 12.1. The van der Waals surface area contributed by atoms with Gasteiger partial charge in [-0.25, -0.2) is 4.98 Å². The molecule has 4 nitrogen and oxygen atoms in total. The number of carbonyl (C=O) groups is 1. The van der Waals surface area contributed by atoms with Gasteiger partial charge in [0.1, 0.15) is 5.82 Å². The van der Waals surface area contributed by atoms with Crippen LogP contribution in [0.15, 0.2) is 30.3 Å². The van der Waals surface area contributed by atoms with Gasteiger partial charge in [-0.15, -0.1) is 0 Å².